The summed E-state index contributed by atoms with van der Waals surface area (Å²) < 4.78 is 0.835. The molecular formula is C5H5BrN2O. The molecule has 0 unspecified atom stereocenters. The van der Waals surface area contributed by atoms with E-state index < -0.39 is 0 Å². The Balaban J connectivity index is 2.94. The Kier molecular flexibility index (Phi) is 2.13. The van der Waals surface area contributed by atoms with Gasteiger partial charge in [-0.15, -0.1) is 0 Å². The molecule has 0 fully saturated rings. The van der Waals surface area contributed by atoms with E-state index in [9.17, 15) is 0 Å². The molecular weight excluding hydrogens is 184 g/mol. The number of aromatic nitrogens is 2. The number of aliphatic hydroxyl groups excluding tert-OH is 1. The van der Waals surface area contributed by atoms with E-state index >= 15 is 0 Å². The fourth-order valence-corrected chi connectivity index (χ4v) is 0.817. The number of halogens is 1. The number of nitrogens with zero attached hydrogens (tertiary/aromatic N) is 2. The summed E-state index contributed by atoms with van der Waals surface area (Å²) in [7, 11) is 0. The first kappa shape index (κ1) is 6.64. The molecule has 3 nitrogen and oxygen atoms in total. The minimum atomic E-state index is -0.0631. The summed E-state index contributed by atoms with van der Waals surface area (Å²) in [6, 6.07) is 1.72. The lowest BCUT2D eigenvalue weighted by Crippen LogP contribution is -1.90. The lowest BCUT2D eigenvalue weighted by molar-refractivity contribution is 0.275. The van der Waals surface area contributed by atoms with Crippen molar-refractivity contribution in [3.8, 4) is 0 Å². The van der Waals surface area contributed by atoms with Gasteiger partial charge in [0.25, 0.3) is 0 Å². The van der Waals surface area contributed by atoms with Crippen LogP contribution in [0.15, 0.2) is 16.7 Å². The topological polar surface area (TPSA) is 46.0 Å². The quantitative estimate of drug-likeness (QED) is 0.708. The van der Waals surface area contributed by atoms with Gasteiger partial charge >= 0.3 is 0 Å². The van der Waals surface area contributed by atoms with Gasteiger partial charge in [-0.3, -0.25) is 0 Å². The van der Waals surface area contributed by atoms with Crippen LogP contribution >= 0.6 is 15.9 Å². The van der Waals surface area contributed by atoms with Crippen molar-refractivity contribution in [1.29, 1.82) is 0 Å². The van der Waals surface area contributed by atoms with Crippen LogP contribution in [0.5, 0.6) is 0 Å². The summed E-state index contributed by atoms with van der Waals surface area (Å²) in [5, 5.41) is 15.8. The molecule has 0 aliphatic rings. The standard InChI is InChI=1S/C5H5BrN2O/c6-4-1-5(3-9)8-7-2-4/h1-2,9H,3H2. The maximum Gasteiger partial charge on any atom is 0.0896 e. The van der Waals surface area contributed by atoms with E-state index in [2.05, 4.69) is 26.1 Å². The predicted molar refractivity (Wildman–Crippen MR) is 35.7 cm³/mol. The molecule has 0 aliphatic heterocycles. The van der Waals surface area contributed by atoms with Crippen LogP contribution in [0.25, 0.3) is 0 Å². The monoisotopic (exact) mass is 188 g/mol. The van der Waals surface area contributed by atoms with Gasteiger partial charge in [0.1, 0.15) is 0 Å². The van der Waals surface area contributed by atoms with E-state index in [0.717, 1.165) is 4.47 Å². The molecule has 1 aromatic rings. The molecule has 1 aromatic heterocycles. The van der Waals surface area contributed by atoms with E-state index in [1.165, 1.54) is 0 Å². The van der Waals surface area contributed by atoms with Crippen LogP contribution < -0.4 is 0 Å². The van der Waals surface area contributed by atoms with Crippen LogP contribution in [0.1, 0.15) is 5.69 Å². The SMILES string of the molecule is OCc1cc(Br)cnn1. The van der Waals surface area contributed by atoms with Gasteiger partial charge in [-0.05, 0) is 22.0 Å². The molecule has 0 aliphatic carbocycles. The molecule has 0 radical (unpaired) electrons. The molecule has 1 heterocycles. The molecule has 1 rings (SSSR count). The van der Waals surface area contributed by atoms with Crippen LogP contribution in [-0.4, -0.2) is 15.3 Å². The van der Waals surface area contributed by atoms with Gasteiger partial charge in [-0.2, -0.15) is 10.2 Å². The smallest absolute Gasteiger partial charge is 0.0896 e. The zero-order chi connectivity index (χ0) is 6.69. The predicted octanol–water partition coefficient (Wildman–Crippen LogP) is 0.731. The van der Waals surface area contributed by atoms with Crippen molar-refractivity contribution in [2.45, 2.75) is 6.61 Å². The van der Waals surface area contributed by atoms with Crippen molar-refractivity contribution in [2.24, 2.45) is 0 Å². The third-order valence-electron chi connectivity index (χ3n) is 0.834. The number of aliphatic hydroxyl groups is 1. The van der Waals surface area contributed by atoms with Gasteiger partial charge in [-0.25, -0.2) is 0 Å². The summed E-state index contributed by atoms with van der Waals surface area (Å²) in [4.78, 5) is 0. The highest BCUT2D eigenvalue weighted by Gasteiger charge is 1.91. The van der Waals surface area contributed by atoms with E-state index in [4.69, 9.17) is 5.11 Å². The average molecular weight is 189 g/mol. The Bertz CT molecular complexity index is 204. The second-order valence-electron chi connectivity index (χ2n) is 1.52. The van der Waals surface area contributed by atoms with Gasteiger partial charge in [0.2, 0.25) is 0 Å². The van der Waals surface area contributed by atoms with E-state index in [-0.39, 0.29) is 6.61 Å². The summed E-state index contributed by atoms with van der Waals surface area (Å²) >= 11 is 3.19. The van der Waals surface area contributed by atoms with Crippen LogP contribution in [-0.2, 0) is 6.61 Å². The average Bonchev–Trinajstić information content (AvgIpc) is 1.88. The fraction of sp³-hybridized carbons (Fsp3) is 0.200. The maximum atomic E-state index is 8.54. The van der Waals surface area contributed by atoms with Crippen LogP contribution in [0.3, 0.4) is 0 Å². The summed E-state index contributed by atoms with van der Waals surface area (Å²) in [5.74, 6) is 0. The van der Waals surface area contributed by atoms with Crippen LogP contribution in [0.4, 0.5) is 0 Å². The van der Waals surface area contributed by atoms with Gasteiger partial charge in [-0.1, -0.05) is 0 Å². The Morgan fingerprint density at radius 1 is 1.67 bits per heavy atom. The van der Waals surface area contributed by atoms with Crippen molar-refractivity contribution in [1.82, 2.24) is 10.2 Å². The highest BCUT2D eigenvalue weighted by molar-refractivity contribution is 9.10. The first-order valence-electron chi connectivity index (χ1n) is 2.41. The second-order valence-corrected chi connectivity index (χ2v) is 2.44. The third kappa shape index (κ3) is 1.73. The zero-order valence-corrected chi connectivity index (χ0v) is 6.17. The number of hydrogen-bond acceptors (Lipinski definition) is 3. The Labute approximate surface area is 60.9 Å². The maximum absolute atomic E-state index is 8.54. The summed E-state index contributed by atoms with van der Waals surface area (Å²) in [5.41, 5.74) is 0.573. The molecule has 48 valence electrons. The highest BCUT2D eigenvalue weighted by atomic mass is 79.9. The molecule has 0 bridgehead atoms. The molecule has 0 spiro atoms. The van der Waals surface area contributed by atoms with Gasteiger partial charge in [0.05, 0.1) is 18.5 Å². The van der Waals surface area contributed by atoms with Gasteiger partial charge in [0, 0.05) is 4.47 Å². The van der Waals surface area contributed by atoms with Crippen LogP contribution in [0, 0.1) is 0 Å². The minimum Gasteiger partial charge on any atom is -0.390 e. The van der Waals surface area contributed by atoms with Crippen molar-refractivity contribution in [3.63, 3.8) is 0 Å². The molecule has 0 atom stereocenters. The summed E-state index contributed by atoms with van der Waals surface area (Å²) in [6.45, 7) is -0.0631. The van der Waals surface area contributed by atoms with Crippen LogP contribution in [0.2, 0.25) is 0 Å². The lowest BCUT2D eigenvalue weighted by atomic mass is 10.4. The van der Waals surface area contributed by atoms with E-state index in [0.29, 0.717) is 5.69 Å². The molecule has 4 heteroatoms. The Morgan fingerprint density at radius 2 is 2.44 bits per heavy atom. The van der Waals surface area contributed by atoms with Gasteiger partial charge in [0.15, 0.2) is 0 Å². The molecule has 0 aromatic carbocycles. The summed E-state index contributed by atoms with van der Waals surface area (Å²) in [6.07, 6.45) is 1.57. The third-order valence-corrected chi connectivity index (χ3v) is 1.27. The molecule has 0 saturated carbocycles. The second kappa shape index (κ2) is 2.89. The van der Waals surface area contributed by atoms with Crippen molar-refractivity contribution < 1.29 is 5.11 Å². The van der Waals surface area contributed by atoms with Gasteiger partial charge < -0.3 is 5.11 Å². The normalized spacial score (nSPS) is 9.56. The largest absolute Gasteiger partial charge is 0.390 e. The molecule has 1 N–H and O–H groups in total. The van der Waals surface area contributed by atoms with E-state index in [1.807, 2.05) is 0 Å². The van der Waals surface area contributed by atoms with Crippen molar-refractivity contribution in [3.05, 3.63) is 22.4 Å². The molecule has 9 heavy (non-hydrogen) atoms. The molecule has 0 saturated heterocycles. The minimum absolute atomic E-state index is 0.0631. The number of rotatable bonds is 1. The van der Waals surface area contributed by atoms with Crippen molar-refractivity contribution >= 4 is 15.9 Å². The Hall–Kier alpha value is -0.480. The fourth-order valence-electron chi connectivity index (χ4n) is 0.461. The Morgan fingerprint density at radius 3 is 2.89 bits per heavy atom. The lowest BCUT2D eigenvalue weighted by Gasteiger charge is -1.91. The van der Waals surface area contributed by atoms with E-state index in [1.54, 1.807) is 12.3 Å². The zero-order valence-electron chi connectivity index (χ0n) is 4.58. The molecule has 0 amide bonds. The first-order valence-corrected chi connectivity index (χ1v) is 3.20. The first-order chi connectivity index (χ1) is 4.33. The number of hydrogen-bond donors (Lipinski definition) is 1. The highest BCUT2D eigenvalue weighted by Crippen LogP contribution is 2.06. The van der Waals surface area contributed by atoms with Crippen molar-refractivity contribution in [2.75, 3.05) is 0 Å².